The largest absolute Gasteiger partial charge is 0.377 e. The number of terminal acetylenes is 1. The molecular formula is C9H19N3O. The molecule has 13 heavy (non-hydrogen) atoms. The summed E-state index contributed by atoms with van der Waals surface area (Å²) >= 11 is 0. The number of nitrogens with two attached hydrogens (primary N) is 2. The van der Waals surface area contributed by atoms with Crippen LogP contribution in [0.1, 0.15) is 19.3 Å². The lowest BCUT2D eigenvalue weighted by Crippen LogP contribution is -2.45. The van der Waals surface area contributed by atoms with Crippen molar-refractivity contribution < 1.29 is 5.11 Å². The Balaban J connectivity index is 3.45. The van der Waals surface area contributed by atoms with Gasteiger partial charge in [-0.1, -0.05) is 12.3 Å². The van der Waals surface area contributed by atoms with Gasteiger partial charge in [0.1, 0.15) is 6.23 Å². The van der Waals surface area contributed by atoms with Gasteiger partial charge in [0.05, 0.1) is 6.54 Å². The van der Waals surface area contributed by atoms with Crippen LogP contribution in [0.25, 0.3) is 0 Å². The van der Waals surface area contributed by atoms with Gasteiger partial charge in [-0.15, -0.1) is 6.42 Å². The summed E-state index contributed by atoms with van der Waals surface area (Å²) in [4.78, 5) is 0. The van der Waals surface area contributed by atoms with Gasteiger partial charge in [0.2, 0.25) is 0 Å². The summed E-state index contributed by atoms with van der Waals surface area (Å²) in [6.07, 6.45) is 6.94. The van der Waals surface area contributed by atoms with Gasteiger partial charge in [-0.25, -0.2) is 0 Å². The van der Waals surface area contributed by atoms with E-state index in [1.54, 1.807) is 0 Å². The number of unbranched alkanes of at least 4 members (excludes halogenated alkanes) is 1. The first kappa shape index (κ1) is 12.4. The predicted octanol–water partition coefficient (Wildman–Crippen LogP) is -1.02. The number of hydrogen-bond acceptors (Lipinski definition) is 4. The fourth-order valence-electron chi connectivity index (χ4n) is 0.997. The fourth-order valence-corrected chi connectivity index (χ4v) is 0.997. The second-order valence-corrected chi connectivity index (χ2v) is 2.98. The van der Waals surface area contributed by atoms with Crippen molar-refractivity contribution in [1.82, 2.24) is 5.32 Å². The van der Waals surface area contributed by atoms with Gasteiger partial charge < -0.3 is 16.6 Å². The Hall–Kier alpha value is -0.600. The minimum absolute atomic E-state index is 0.264. The molecule has 4 heteroatoms. The Bertz CT molecular complexity index is 155. The van der Waals surface area contributed by atoms with Crippen LogP contribution in [0, 0.1) is 12.3 Å². The first-order valence-corrected chi connectivity index (χ1v) is 4.53. The second-order valence-electron chi connectivity index (χ2n) is 2.98. The van der Waals surface area contributed by atoms with Gasteiger partial charge in [0, 0.05) is 6.04 Å². The zero-order valence-corrected chi connectivity index (χ0v) is 7.87. The first-order valence-electron chi connectivity index (χ1n) is 4.53. The highest BCUT2D eigenvalue weighted by atomic mass is 16.3. The molecule has 0 fully saturated rings. The van der Waals surface area contributed by atoms with Crippen molar-refractivity contribution in [3.8, 4) is 12.3 Å². The van der Waals surface area contributed by atoms with Crippen molar-refractivity contribution >= 4 is 0 Å². The van der Waals surface area contributed by atoms with Crippen LogP contribution in [0.4, 0.5) is 0 Å². The molecule has 0 radical (unpaired) electrons. The van der Waals surface area contributed by atoms with E-state index in [0.717, 1.165) is 19.3 Å². The first-order chi connectivity index (χ1) is 6.22. The SMILES string of the molecule is C#CCNC(O)C(N)CCCCN. The highest BCUT2D eigenvalue weighted by Gasteiger charge is 2.12. The third-order valence-electron chi connectivity index (χ3n) is 1.81. The van der Waals surface area contributed by atoms with Crippen LogP contribution < -0.4 is 16.8 Å². The highest BCUT2D eigenvalue weighted by molar-refractivity contribution is 4.88. The Labute approximate surface area is 79.7 Å². The number of aliphatic hydroxyl groups is 1. The second kappa shape index (κ2) is 8.02. The Morgan fingerprint density at radius 1 is 1.46 bits per heavy atom. The maximum atomic E-state index is 9.39. The lowest BCUT2D eigenvalue weighted by molar-refractivity contribution is 0.109. The molecule has 0 aromatic carbocycles. The maximum Gasteiger partial charge on any atom is 0.120 e. The molecule has 0 aromatic heterocycles. The summed E-state index contributed by atoms with van der Waals surface area (Å²) in [5.74, 6) is 2.37. The topological polar surface area (TPSA) is 84.3 Å². The zero-order valence-electron chi connectivity index (χ0n) is 7.87. The molecule has 2 atom stereocenters. The van der Waals surface area contributed by atoms with Crippen molar-refractivity contribution in [3.63, 3.8) is 0 Å². The molecule has 76 valence electrons. The minimum atomic E-state index is -0.714. The van der Waals surface area contributed by atoms with Crippen molar-refractivity contribution in [2.75, 3.05) is 13.1 Å². The van der Waals surface area contributed by atoms with Crippen LogP contribution in [-0.2, 0) is 0 Å². The Morgan fingerprint density at radius 2 is 2.15 bits per heavy atom. The molecular weight excluding hydrogens is 166 g/mol. The average molecular weight is 185 g/mol. The number of nitrogens with one attached hydrogen (secondary N) is 1. The van der Waals surface area contributed by atoms with Crippen molar-refractivity contribution in [3.05, 3.63) is 0 Å². The molecule has 0 saturated heterocycles. The average Bonchev–Trinajstić information content (AvgIpc) is 2.14. The number of hydrogen-bond donors (Lipinski definition) is 4. The third kappa shape index (κ3) is 6.55. The predicted molar refractivity (Wildman–Crippen MR) is 53.7 cm³/mol. The Kier molecular flexibility index (Phi) is 7.65. The van der Waals surface area contributed by atoms with E-state index in [1.165, 1.54) is 0 Å². The summed E-state index contributed by atoms with van der Waals surface area (Å²) in [5.41, 5.74) is 11.0. The van der Waals surface area contributed by atoms with Crippen LogP contribution in [0.2, 0.25) is 0 Å². The van der Waals surface area contributed by atoms with E-state index in [-0.39, 0.29) is 6.04 Å². The van der Waals surface area contributed by atoms with Gasteiger partial charge in [-0.2, -0.15) is 0 Å². The monoisotopic (exact) mass is 185 g/mol. The summed E-state index contributed by atoms with van der Waals surface area (Å²) < 4.78 is 0. The Morgan fingerprint density at radius 3 is 2.69 bits per heavy atom. The molecule has 0 rings (SSSR count). The molecule has 0 bridgehead atoms. The van der Waals surface area contributed by atoms with Crippen LogP contribution in [0.15, 0.2) is 0 Å². The van der Waals surface area contributed by atoms with E-state index in [2.05, 4.69) is 11.2 Å². The zero-order chi connectivity index (χ0) is 10.1. The summed E-state index contributed by atoms with van der Waals surface area (Å²) in [5, 5.41) is 12.1. The summed E-state index contributed by atoms with van der Waals surface area (Å²) in [7, 11) is 0. The van der Waals surface area contributed by atoms with Crippen LogP contribution in [-0.4, -0.2) is 30.5 Å². The number of aliphatic hydroxyl groups excluding tert-OH is 1. The van der Waals surface area contributed by atoms with Gasteiger partial charge in [-0.05, 0) is 19.4 Å². The lowest BCUT2D eigenvalue weighted by Gasteiger charge is -2.18. The van der Waals surface area contributed by atoms with E-state index in [0.29, 0.717) is 13.1 Å². The molecule has 0 heterocycles. The molecule has 2 unspecified atom stereocenters. The van der Waals surface area contributed by atoms with Gasteiger partial charge in [0.15, 0.2) is 0 Å². The quantitative estimate of drug-likeness (QED) is 0.232. The minimum Gasteiger partial charge on any atom is -0.377 e. The van der Waals surface area contributed by atoms with Gasteiger partial charge in [-0.3, -0.25) is 5.32 Å². The smallest absolute Gasteiger partial charge is 0.120 e. The molecule has 0 aliphatic heterocycles. The highest BCUT2D eigenvalue weighted by Crippen LogP contribution is 2.00. The summed E-state index contributed by atoms with van der Waals surface area (Å²) in [6.45, 7) is 1.01. The van der Waals surface area contributed by atoms with Crippen LogP contribution >= 0.6 is 0 Å². The van der Waals surface area contributed by atoms with Crippen LogP contribution in [0.3, 0.4) is 0 Å². The van der Waals surface area contributed by atoms with Crippen molar-refractivity contribution in [2.24, 2.45) is 11.5 Å². The summed E-state index contributed by atoms with van der Waals surface area (Å²) in [6, 6.07) is -0.264. The molecule has 0 aliphatic rings. The molecule has 4 nitrogen and oxygen atoms in total. The van der Waals surface area contributed by atoms with Crippen molar-refractivity contribution in [1.29, 1.82) is 0 Å². The van der Waals surface area contributed by atoms with E-state index in [9.17, 15) is 5.11 Å². The van der Waals surface area contributed by atoms with E-state index in [1.807, 2.05) is 0 Å². The maximum absolute atomic E-state index is 9.39. The molecule has 0 spiro atoms. The van der Waals surface area contributed by atoms with Gasteiger partial charge in [0.25, 0.3) is 0 Å². The fraction of sp³-hybridized carbons (Fsp3) is 0.778. The molecule has 6 N–H and O–H groups in total. The molecule has 0 aliphatic carbocycles. The number of rotatable bonds is 7. The third-order valence-corrected chi connectivity index (χ3v) is 1.81. The van der Waals surface area contributed by atoms with Crippen molar-refractivity contribution in [2.45, 2.75) is 31.5 Å². The molecule has 0 aromatic rings. The van der Waals surface area contributed by atoms with Gasteiger partial charge >= 0.3 is 0 Å². The lowest BCUT2D eigenvalue weighted by atomic mass is 10.1. The molecule has 0 saturated carbocycles. The van der Waals surface area contributed by atoms with E-state index in [4.69, 9.17) is 17.9 Å². The normalized spacial score (nSPS) is 14.9. The van der Waals surface area contributed by atoms with E-state index < -0.39 is 6.23 Å². The van der Waals surface area contributed by atoms with Crippen LogP contribution in [0.5, 0.6) is 0 Å². The van der Waals surface area contributed by atoms with E-state index >= 15 is 0 Å². The standard InChI is InChI=1S/C9H19N3O/c1-2-7-12-9(13)8(11)5-3-4-6-10/h1,8-9,12-13H,3-7,10-11H2. The molecule has 0 amide bonds.